The topological polar surface area (TPSA) is 72.2 Å². The van der Waals surface area contributed by atoms with Crippen LogP contribution in [0.25, 0.3) is 16.7 Å². The zero-order valence-corrected chi connectivity index (χ0v) is 17.8. The molecule has 1 N–H and O–H groups in total. The van der Waals surface area contributed by atoms with Crippen LogP contribution in [0.5, 0.6) is 0 Å². The van der Waals surface area contributed by atoms with Crippen LogP contribution in [0, 0.1) is 20.8 Å². The number of nitrogens with one attached hydrogen (secondary N) is 1. The van der Waals surface area contributed by atoms with E-state index in [2.05, 4.69) is 15.5 Å². The van der Waals surface area contributed by atoms with Gasteiger partial charge in [-0.25, -0.2) is 4.98 Å². The van der Waals surface area contributed by atoms with Crippen LogP contribution in [-0.2, 0) is 0 Å². The summed E-state index contributed by atoms with van der Waals surface area (Å²) in [5.74, 6) is 1.84. The van der Waals surface area contributed by atoms with Crippen molar-refractivity contribution >= 4 is 28.3 Å². The van der Waals surface area contributed by atoms with Crippen molar-refractivity contribution < 1.29 is 4.79 Å². The molecule has 0 saturated carbocycles. The molecule has 30 heavy (non-hydrogen) atoms. The van der Waals surface area contributed by atoms with Crippen LogP contribution >= 0.6 is 0 Å². The first-order chi connectivity index (χ1) is 14.6. The summed E-state index contributed by atoms with van der Waals surface area (Å²) < 4.78 is 2.04. The maximum Gasteiger partial charge on any atom is 0.204 e. The quantitative estimate of drug-likeness (QED) is 0.330. The van der Waals surface area contributed by atoms with Crippen molar-refractivity contribution in [1.82, 2.24) is 19.6 Å². The maximum atomic E-state index is 12.6. The molecule has 0 radical (unpaired) electrons. The zero-order valence-electron chi connectivity index (χ0n) is 17.8. The summed E-state index contributed by atoms with van der Waals surface area (Å²) in [5, 5.41) is 11.9. The lowest BCUT2D eigenvalue weighted by Crippen LogP contribution is -2.07. The summed E-state index contributed by atoms with van der Waals surface area (Å²) in [6.07, 6.45) is 3.43. The minimum absolute atomic E-state index is 0.246. The average Bonchev–Trinajstić information content (AvgIpc) is 3.12. The first-order valence-corrected chi connectivity index (χ1v) is 10.5. The Hall–Kier alpha value is -3.28. The van der Waals surface area contributed by atoms with E-state index in [9.17, 15) is 4.79 Å². The number of carbonyl (C=O) groups excluding carboxylic acids is 1. The number of unbranched alkanes of at least 4 members (excludes halogenated alkanes) is 2. The Morgan fingerprint density at radius 1 is 0.933 bits per heavy atom. The molecular formula is C24H27N5O. The Morgan fingerprint density at radius 2 is 1.70 bits per heavy atom. The number of aryl methyl sites for hydroxylation is 3. The zero-order chi connectivity index (χ0) is 21.1. The fourth-order valence-electron chi connectivity index (χ4n) is 4.01. The molecule has 2 heterocycles. The van der Waals surface area contributed by atoms with E-state index >= 15 is 0 Å². The van der Waals surface area contributed by atoms with Gasteiger partial charge in [0.05, 0.1) is 11.0 Å². The van der Waals surface area contributed by atoms with Crippen LogP contribution in [-0.4, -0.2) is 31.9 Å². The second kappa shape index (κ2) is 8.61. The molecule has 4 rings (SSSR count). The summed E-state index contributed by atoms with van der Waals surface area (Å²) in [6, 6.07) is 14.0. The number of carbonyl (C=O) groups is 1. The summed E-state index contributed by atoms with van der Waals surface area (Å²) in [5.41, 5.74) is 5.69. The normalized spacial score (nSPS) is 11.3. The number of anilines is 1. The van der Waals surface area contributed by atoms with E-state index in [1.54, 1.807) is 0 Å². The van der Waals surface area contributed by atoms with E-state index in [4.69, 9.17) is 4.98 Å². The highest BCUT2D eigenvalue weighted by Gasteiger charge is 2.13. The van der Waals surface area contributed by atoms with Gasteiger partial charge in [0.1, 0.15) is 5.82 Å². The summed E-state index contributed by atoms with van der Waals surface area (Å²) >= 11 is 0. The van der Waals surface area contributed by atoms with Gasteiger partial charge in [0, 0.05) is 18.5 Å². The molecule has 0 atom stereocenters. The van der Waals surface area contributed by atoms with Gasteiger partial charge in [-0.1, -0.05) is 36.8 Å². The van der Waals surface area contributed by atoms with E-state index in [0.717, 1.165) is 70.8 Å². The third-order valence-electron chi connectivity index (χ3n) is 5.52. The molecule has 0 aliphatic heterocycles. The van der Waals surface area contributed by atoms with Crippen LogP contribution in [0.1, 0.15) is 53.0 Å². The minimum Gasteiger partial charge on any atom is -0.367 e. The summed E-state index contributed by atoms with van der Waals surface area (Å²) in [6.45, 7) is 6.75. The van der Waals surface area contributed by atoms with Crippen LogP contribution in [0.15, 0.2) is 42.5 Å². The molecule has 0 amide bonds. The molecule has 154 valence electrons. The Morgan fingerprint density at radius 3 is 2.50 bits per heavy atom. The van der Waals surface area contributed by atoms with Crippen molar-refractivity contribution in [2.45, 2.75) is 46.5 Å². The molecule has 2 aromatic heterocycles. The van der Waals surface area contributed by atoms with Crippen LogP contribution in [0.3, 0.4) is 0 Å². The standard InChI is InChI=1S/C24H27N5O/c1-16-10-9-11-17(2)22(16)21(30)14-5-4-8-15-25-23-24-28-27-18(3)29(24)20-13-7-6-12-19(20)26-23/h6-7,9-13H,4-5,8,14-15H2,1-3H3,(H,25,26). The number of aromatic nitrogens is 4. The average molecular weight is 402 g/mol. The molecule has 4 aromatic rings. The van der Waals surface area contributed by atoms with Gasteiger partial charge in [-0.15, -0.1) is 10.2 Å². The molecule has 6 heteroatoms. The molecule has 0 aliphatic rings. The molecule has 6 nitrogen and oxygen atoms in total. The molecule has 2 aromatic carbocycles. The van der Waals surface area contributed by atoms with Gasteiger partial charge in [-0.05, 0) is 56.9 Å². The van der Waals surface area contributed by atoms with Gasteiger partial charge < -0.3 is 5.32 Å². The monoisotopic (exact) mass is 401 g/mol. The largest absolute Gasteiger partial charge is 0.367 e. The molecule has 0 unspecified atom stereocenters. The predicted octanol–water partition coefficient (Wildman–Crippen LogP) is 5.06. The van der Waals surface area contributed by atoms with E-state index < -0.39 is 0 Å². The number of hydrogen-bond donors (Lipinski definition) is 1. The highest BCUT2D eigenvalue weighted by atomic mass is 16.1. The Balaban J connectivity index is 1.34. The van der Waals surface area contributed by atoms with Crippen molar-refractivity contribution in [2.24, 2.45) is 0 Å². The number of nitrogens with zero attached hydrogens (tertiary/aromatic N) is 4. The van der Waals surface area contributed by atoms with Gasteiger partial charge in [0.25, 0.3) is 0 Å². The summed E-state index contributed by atoms with van der Waals surface area (Å²) in [7, 11) is 0. The van der Waals surface area contributed by atoms with Crippen LogP contribution < -0.4 is 5.32 Å². The molecular weight excluding hydrogens is 374 g/mol. The smallest absolute Gasteiger partial charge is 0.204 e. The van der Waals surface area contributed by atoms with Crippen molar-refractivity contribution in [1.29, 1.82) is 0 Å². The van der Waals surface area contributed by atoms with E-state index in [1.165, 1.54) is 0 Å². The lowest BCUT2D eigenvalue weighted by Gasteiger charge is -2.10. The van der Waals surface area contributed by atoms with Crippen molar-refractivity contribution in [3.63, 3.8) is 0 Å². The Bertz CT molecular complexity index is 1190. The second-order valence-electron chi connectivity index (χ2n) is 7.78. The first-order valence-electron chi connectivity index (χ1n) is 10.5. The molecule has 0 spiro atoms. The lowest BCUT2D eigenvalue weighted by molar-refractivity contribution is 0.0978. The van der Waals surface area contributed by atoms with E-state index in [1.807, 2.05) is 67.6 Å². The number of rotatable bonds is 8. The van der Waals surface area contributed by atoms with Gasteiger partial charge in [0.15, 0.2) is 11.6 Å². The number of para-hydroxylation sites is 2. The number of ketones is 1. The predicted molar refractivity (Wildman–Crippen MR) is 120 cm³/mol. The van der Waals surface area contributed by atoms with Gasteiger partial charge in [-0.2, -0.15) is 0 Å². The Kier molecular flexibility index (Phi) is 5.74. The fraction of sp³-hybridized carbons (Fsp3) is 0.333. The highest BCUT2D eigenvalue weighted by molar-refractivity contribution is 5.98. The van der Waals surface area contributed by atoms with Gasteiger partial charge >= 0.3 is 0 Å². The van der Waals surface area contributed by atoms with Crippen LogP contribution in [0.4, 0.5) is 5.82 Å². The van der Waals surface area contributed by atoms with E-state index in [0.29, 0.717) is 6.42 Å². The van der Waals surface area contributed by atoms with Crippen molar-refractivity contribution in [3.8, 4) is 0 Å². The molecule has 0 fully saturated rings. The van der Waals surface area contributed by atoms with Gasteiger partial charge in [0.2, 0.25) is 5.65 Å². The lowest BCUT2D eigenvalue weighted by atomic mass is 9.96. The first kappa shape index (κ1) is 20.0. The van der Waals surface area contributed by atoms with Gasteiger partial charge in [-0.3, -0.25) is 9.20 Å². The van der Waals surface area contributed by atoms with E-state index in [-0.39, 0.29) is 5.78 Å². The summed E-state index contributed by atoms with van der Waals surface area (Å²) in [4.78, 5) is 17.3. The van der Waals surface area contributed by atoms with Crippen molar-refractivity contribution in [3.05, 3.63) is 65.0 Å². The number of Topliss-reactive ketones (excluding diaryl/α,β-unsaturated/α-hetero) is 1. The number of hydrogen-bond acceptors (Lipinski definition) is 5. The highest BCUT2D eigenvalue weighted by Crippen LogP contribution is 2.22. The third-order valence-corrected chi connectivity index (χ3v) is 5.52. The fourth-order valence-corrected chi connectivity index (χ4v) is 4.01. The number of benzene rings is 2. The minimum atomic E-state index is 0.246. The number of fused-ring (bicyclic) bond motifs is 3. The molecule has 0 saturated heterocycles. The third kappa shape index (κ3) is 3.90. The second-order valence-corrected chi connectivity index (χ2v) is 7.78. The molecule has 0 aliphatic carbocycles. The SMILES string of the molecule is Cc1cccc(C)c1C(=O)CCCCCNc1nc2ccccc2n2c(C)nnc12. The van der Waals surface area contributed by atoms with Crippen LogP contribution in [0.2, 0.25) is 0 Å². The van der Waals surface area contributed by atoms with Crippen molar-refractivity contribution in [2.75, 3.05) is 11.9 Å². The molecule has 0 bridgehead atoms. The Labute approximate surface area is 176 Å². The maximum absolute atomic E-state index is 12.6.